The van der Waals surface area contributed by atoms with Crippen LogP contribution in [0.4, 0.5) is 5.82 Å². The Kier molecular flexibility index (Phi) is 5.51. The molecule has 0 aliphatic heterocycles. The molecule has 2 rings (SSSR count). The molecule has 1 aromatic carbocycles. The third-order valence-electron chi connectivity index (χ3n) is 2.71. The molecule has 2 aromatic rings. The summed E-state index contributed by atoms with van der Waals surface area (Å²) in [6, 6.07) is 9.82. The van der Waals surface area contributed by atoms with Crippen LogP contribution in [-0.4, -0.2) is 23.0 Å². The molecule has 1 atom stereocenters. The van der Waals surface area contributed by atoms with Crippen molar-refractivity contribution < 1.29 is 14.3 Å². The van der Waals surface area contributed by atoms with Gasteiger partial charge in [0.1, 0.15) is 5.82 Å². The number of hydrogen-bond acceptors (Lipinski definition) is 4. The van der Waals surface area contributed by atoms with Crippen LogP contribution in [0.2, 0.25) is 5.02 Å². The topological polar surface area (TPSA) is 68.3 Å². The maximum atomic E-state index is 11.9. The van der Waals surface area contributed by atoms with Crippen molar-refractivity contribution in [2.24, 2.45) is 0 Å². The van der Waals surface area contributed by atoms with Gasteiger partial charge in [-0.1, -0.05) is 27.5 Å². The lowest BCUT2D eigenvalue weighted by atomic mass is 10.2. The van der Waals surface area contributed by atoms with E-state index < -0.39 is 18.0 Å². The van der Waals surface area contributed by atoms with Gasteiger partial charge in [-0.05, 0) is 43.3 Å². The van der Waals surface area contributed by atoms with Crippen LogP contribution in [0.15, 0.2) is 47.1 Å². The quantitative estimate of drug-likeness (QED) is 0.818. The number of amides is 1. The fourth-order valence-electron chi connectivity index (χ4n) is 1.55. The van der Waals surface area contributed by atoms with E-state index in [0.29, 0.717) is 16.4 Å². The van der Waals surface area contributed by atoms with Crippen LogP contribution in [0.25, 0.3) is 0 Å². The van der Waals surface area contributed by atoms with Crippen molar-refractivity contribution in [3.05, 3.63) is 57.7 Å². The molecule has 22 heavy (non-hydrogen) atoms. The second kappa shape index (κ2) is 7.38. The van der Waals surface area contributed by atoms with Crippen molar-refractivity contribution in [2.75, 3.05) is 5.32 Å². The molecule has 0 aliphatic rings. The number of nitrogens with zero attached hydrogens (tertiary/aromatic N) is 1. The fraction of sp³-hybridized carbons (Fsp3) is 0.133. The van der Waals surface area contributed by atoms with E-state index in [9.17, 15) is 9.59 Å². The third-order valence-corrected chi connectivity index (χ3v) is 3.46. The van der Waals surface area contributed by atoms with Gasteiger partial charge in [0.2, 0.25) is 0 Å². The zero-order valence-corrected chi connectivity index (χ0v) is 13.9. The maximum Gasteiger partial charge on any atom is 0.338 e. The molecule has 0 bridgehead atoms. The molecule has 0 spiro atoms. The second-order valence-corrected chi connectivity index (χ2v) is 5.76. The van der Waals surface area contributed by atoms with Crippen LogP contribution in [0, 0.1) is 0 Å². The number of anilines is 1. The highest BCUT2D eigenvalue weighted by molar-refractivity contribution is 9.10. The molecule has 0 unspecified atom stereocenters. The van der Waals surface area contributed by atoms with Crippen molar-refractivity contribution in [1.82, 2.24) is 4.98 Å². The summed E-state index contributed by atoms with van der Waals surface area (Å²) in [7, 11) is 0. The molecule has 0 saturated heterocycles. The highest BCUT2D eigenvalue weighted by atomic mass is 79.9. The van der Waals surface area contributed by atoms with Gasteiger partial charge < -0.3 is 10.1 Å². The molecule has 0 saturated carbocycles. The number of halogens is 2. The van der Waals surface area contributed by atoms with Gasteiger partial charge >= 0.3 is 5.97 Å². The van der Waals surface area contributed by atoms with Gasteiger partial charge in [0, 0.05) is 10.7 Å². The van der Waals surface area contributed by atoms with Crippen molar-refractivity contribution in [3.63, 3.8) is 0 Å². The van der Waals surface area contributed by atoms with Crippen molar-refractivity contribution in [3.8, 4) is 0 Å². The molecule has 114 valence electrons. The number of ether oxygens (including phenoxy) is 1. The van der Waals surface area contributed by atoms with Gasteiger partial charge in [-0.3, -0.25) is 4.79 Å². The Labute approximate surface area is 140 Å². The van der Waals surface area contributed by atoms with E-state index in [0.717, 1.165) is 4.47 Å². The SMILES string of the molecule is C[C@H](OC(=O)c1ccc(Br)cc1)C(=O)Nc1ccc(Cl)cn1. The number of benzene rings is 1. The largest absolute Gasteiger partial charge is 0.449 e. The number of hydrogen-bond donors (Lipinski definition) is 1. The Balaban J connectivity index is 1.94. The number of pyridine rings is 1. The minimum Gasteiger partial charge on any atom is -0.449 e. The molecule has 0 radical (unpaired) electrons. The fourth-order valence-corrected chi connectivity index (χ4v) is 1.92. The first-order chi connectivity index (χ1) is 10.5. The summed E-state index contributed by atoms with van der Waals surface area (Å²) in [6.07, 6.45) is 0.462. The van der Waals surface area contributed by atoms with Crippen molar-refractivity contribution in [2.45, 2.75) is 13.0 Å². The minimum atomic E-state index is -0.950. The van der Waals surface area contributed by atoms with Gasteiger partial charge in [-0.15, -0.1) is 0 Å². The molecule has 0 aliphatic carbocycles. The Morgan fingerprint density at radius 3 is 2.50 bits per heavy atom. The molecule has 1 N–H and O–H groups in total. The standard InChI is InChI=1S/C15H12BrClN2O3/c1-9(14(20)19-13-7-6-12(17)8-18-13)22-15(21)10-2-4-11(16)5-3-10/h2-9H,1H3,(H,18,19,20)/t9-/m0/s1. The van der Waals surface area contributed by atoms with E-state index in [1.165, 1.54) is 13.1 Å². The first kappa shape index (κ1) is 16.5. The molecular weight excluding hydrogens is 372 g/mol. The zero-order valence-electron chi connectivity index (χ0n) is 11.5. The van der Waals surface area contributed by atoms with Crippen LogP contribution in [0.3, 0.4) is 0 Å². The van der Waals surface area contributed by atoms with Gasteiger partial charge in [0.15, 0.2) is 6.10 Å². The minimum absolute atomic E-state index is 0.334. The smallest absolute Gasteiger partial charge is 0.338 e. The lowest BCUT2D eigenvalue weighted by Crippen LogP contribution is -2.30. The second-order valence-electron chi connectivity index (χ2n) is 4.41. The first-order valence-electron chi connectivity index (χ1n) is 6.34. The Morgan fingerprint density at radius 1 is 1.23 bits per heavy atom. The summed E-state index contributed by atoms with van der Waals surface area (Å²) in [5.74, 6) is -0.708. The van der Waals surface area contributed by atoms with Crippen LogP contribution < -0.4 is 5.32 Å². The summed E-state index contributed by atoms with van der Waals surface area (Å²) < 4.78 is 5.96. The molecule has 1 aromatic heterocycles. The van der Waals surface area contributed by atoms with Crippen LogP contribution >= 0.6 is 27.5 Å². The van der Waals surface area contributed by atoms with Crippen LogP contribution in [-0.2, 0) is 9.53 Å². The van der Waals surface area contributed by atoms with E-state index in [1.807, 2.05) is 0 Å². The van der Waals surface area contributed by atoms with E-state index >= 15 is 0 Å². The Morgan fingerprint density at radius 2 is 1.91 bits per heavy atom. The van der Waals surface area contributed by atoms with E-state index in [2.05, 4.69) is 26.2 Å². The number of rotatable bonds is 4. The maximum absolute atomic E-state index is 11.9. The summed E-state index contributed by atoms with van der Waals surface area (Å²) >= 11 is 8.99. The molecule has 5 nitrogen and oxygen atoms in total. The predicted molar refractivity (Wildman–Crippen MR) is 86.9 cm³/mol. The highest BCUT2D eigenvalue weighted by Crippen LogP contribution is 2.13. The van der Waals surface area contributed by atoms with Crippen LogP contribution in [0.5, 0.6) is 0 Å². The van der Waals surface area contributed by atoms with Gasteiger partial charge in [-0.2, -0.15) is 0 Å². The van der Waals surface area contributed by atoms with Crippen LogP contribution in [0.1, 0.15) is 17.3 Å². The molecule has 1 amide bonds. The number of carbonyl (C=O) groups is 2. The summed E-state index contributed by atoms with van der Waals surface area (Å²) in [5, 5.41) is 3.01. The Hall–Kier alpha value is -1.92. The van der Waals surface area contributed by atoms with Crippen molar-refractivity contribution in [1.29, 1.82) is 0 Å². The predicted octanol–water partition coefficient (Wildman–Crippen LogP) is 3.68. The molecular formula is C15H12BrClN2O3. The Bertz CT molecular complexity index is 674. The number of carbonyl (C=O) groups excluding carboxylic acids is 2. The lowest BCUT2D eigenvalue weighted by Gasteiger charge is -2.13. The third kappa shape index (κ3) is 4.54. The number of nitrogens with one attached hydrogen (secondary N) is 1. The van der Waals surface area contributed by atoms with E-state index in [-0.39, 0.29) is 0 Å². The van der Waals surface area contributed by atoms with Gasteiger partial charge in [0.05, 0.1) is 10.6 Å². The number of esters is 1. The van der Waals surface area contributed by atoms with Gasteiger partial charge in [0.25, 0.3) is 5.91 Å². The zero-order chi connectivity index (χ0) is 16.1. The molecule has 1 heterocycles. The van der Waals surface area contributed by atoms with Gasteiger partial charge in [-0.25, -0.2) is 9.78 Å². The van der Waals surface area contributed by atoms with E-state index in [1.54, 1.807) is 36.4 Å². The average Bonchev–Trinajstić information content (AvgIpc) is 2.50. The monoisotopic (exact) mass is 382 g/mol. The first-order valence-corrected chi connectivity index (χ1v) is 7.52. The summed E-state index contributed by atoms with van der Waals surface area (Å²) in [6.45, 7) is 1.49. The van der Waals surface area contributed by atoms with Crippen molar-refractivity contribution >= 4 is 45.2 Å². The van der Waals surface area contributed by atoms with E-state index in [4.69, 9.17) is 16.3 Å². The highest BCUT2D eigenvalue weighted by Gasteiger charge is 2.19. The molecule has 7 heteroatoms. The molecule has 0 fully saturated rings. The lowest BCUT2D eigenvalue weighted by molar-refractivity contribution is -0.123. The summed E-state index contributed by atoms with van der Waals surface area (Å²) in [5.41, 5.74) is 0.368. The average molecular weight is 384 g/mol. The summed E-state index contributed by atoms with van der Waals surface area (Å²) in [4.78, 5) is 27.8. The number of aromatic nitrogens is 1. The normalized spacial score (nSPS) is 11.6.